The molecule has 0 spiro atoms. The Morgan fingerprint density at radius 1 is 1.14 bits per heavy atom. The zero-order valence-corrected chi connectivity index (χ0v) is 18.8. The van der Waals surface area contributed by atoms with E-state index in [9.17, 15) is 32.0 Å². The molecule has 0 fully saturated rings. The summed E-state index contributed by atoms with van der Waals surface area (Å²) in [6.45, 7) is -0.532. The van der Waals surface area contributed by atoms with Gasteiger partial charge in [0.2, 0.25) is 0 Å². The number of alkyl halides is 3. The van der Waals surface area contributed by atoms with E-state index < -0.39 is 41.6 Å². The van der Waals surface area contributed by atoms with Crippen molar-refractivity contribution in [3.8, 4) is 17.8 Å². The van der Waals surface area contributed by atoms with Crippen LogP contribution in [-0.2, 0) is 16.8 Å². The van der Waals surface area contributed by atoms with Crippen molar-refractivity contribution in [2.24, 2.45) is 5.92 Å². The second-order valence-corrected chi connectivity index (χ2v) is 8.14. The molecule has 2 unspecified atom stereocenters. The van der Waals surface area contributed by atoms with Gasteiger partial charge in [0.1, 0.15) is 23.3 Å². The van der Waals surface area contributed by atoms with Crippen molar-refractivity contribution in [3.05, 3.63) is 94.9 Å². The summed E-state index contributed by atoms with van der Waals surface area (Å²) < 4.78 is 75.1. The third kappa shape index (κ3) is 4.59. The van der Waals surface area contributed by atoms with Gasteiger partial charge in [-0.1, -0.05) is 29.8 Å². The molecule has 12 heteroatoms. The summed E-state index contributed by atoms with van der Waals surface area (Å²) in [6.07, 6.45) is -0.703. The molecule has 3 aromatic rings. The van der Waals surface area contributed by atoms with Crippen LogP contribution in [0.2, 0.25) is 5.02 Å². The monoisotopic (exact) mass is 520 g/mol. The summed E-state index contributed by atoms with van der Waals surface area (Å²) >= 11 is 6.23. The molecule has 4 rings (SSSR count). The standard InChI is InChI=1S/C24H14ClF5N4O2/c25-17-10-15(3-5-19(17)36-22-32-7-1-8-33-22)23(13-31)20(24(28,29)30)6-9-34(21(23)35)12-14-2-4-16(26)11-18(14)27/h1-11,20H,12H2. The van der Waals surface area contributed by atoms with E-state index in [0.717, 1.165) is 35.4 Å². The van der Waals surface area contributed by atoms with E-state index in [0.29, 0.717) is 12.1 Å². The highest BCUT2D eigenvalue weighted by Gasteiger charge is 2.61. The molecule has 1 aliphatic heterocycles. The molecule has 1 amide bonds. The number of ether oxygens (including phenoxy) is 1. The van der Waals surface area contributed by atoms with Gasteiger partial charge in [0.05, 0.1) is 17.6 Å². The van der Waals surface area contributed by atoms with Gasteiger partial charge in [-0.15, -0.1) is 0 Å². The predicted octanol–water partition coefficient (Wildman–Crippen LogP) is 5.70. The van der Waals surface area contributed by atoms with Gasteiger partial charge >= 0.3 is 12.2 Å². The minimum Gasteiger partial charge on any atom is -0.423 e. The van der Waals surface area contributed by atoms with Gasteiger partial charge < -0.3 is 9.64 Å². The Hall–Kier alpha value is -4.04. The number of benzene rings is 2. The smallest absolute Gasteiger partial charge is 0.397 e. The van der Waals surface area contributed by atoms with Gasteiger partial charge in [-0.3, -0.25) is 4.79 Å². The van der Waals surface area contributed by atoms with Crippen molar-refractivity contribution in [1.29, 1.82) is 5.26 Å². The first kappa shape index (κ1) is 25.1. The molecular formula is C24H14ClF5N4O2. The quantitative estimate of drug-likeness (QED) is 0.403. The van der Waals surface area contributed by atoms with Crippen LogP contribution in [0.25, 0.3) is 0 Å². The van der Waals surface area contributed by atoms with Crippen LogP contribution in [0, 0.1) is 28.9 Å². The van der Waals surface area contributed by atoms with E-state index in [1.54, 1.807) is 0 Å². The van der Waals surface area contributed by atoms with Crippen LogP contribution in [0.4, 0.5) is 22.0 Å². The SMILES string of the molecule is N#CC1(c2ccc(Oc3ncccn3)c(Cl)c2)C(=O)N(Cc2ccc(F)cc2F)C=CC1C(F)(F)F. The van der Waals surface area contributed by atoms with Crippen LogP contribution in [-0.4, -0.2) is 27.0 Å². The minimum absolute atomic E-state index is 0.0210. The number of hydrogen-bond acceptors (Lipinski definition) is 5. The number of allylic oxidation sites excluding steroid dienone is 1. The second kappa shape index (κ2) is 9.54. The number of nitrogens with zero attached hydrogens (tertiary/aromatic N) is 4. The van der Waals surface area contributed by atoms with Gasteiger partial charge in [0.25, 0.3) is 5.91 Å². The summed E-state index contributed by atoms with van der Waals surface area (Å²) in [7, 11) is 0. The van der Waals surface area contributed by atoms with Crippen LogP contribution in [0.15, 0.2) is 67.1 Å². The average Bonchev–Trinajstić information content (AvgIpc) is 2.83. The van der Waals surface area contributed by atoms with E-state index >= 15 is 0 Å². The van der Waals surface area contributed by atoms with Crippen molar-refractivity contribution in [1.82, 2.24) is 14.9 Å². The lowest BCUT2D eigenvalue weighted by molar-refractivity contribution is -0.183. The fraction of sp³-hybridized carbons (Fsp3) is 0.167. The zero-order valence-electron chi connectivity index (χ0n) is 18.0. The molecule has 0 aliphatic carbocycles. The number of aromatic nitrogens is 2. The number of rotatable bonds is 5. The average molecular weight is 521 g/mol. The molecule has 2 atom stereocenters. The number of halogens is 6. The molecule has 0 bridgehead atoms. The predicted molar refractivity (Wildman–Crippen MR) is 116 cm³/mol. The highest BCUT2D eigenvalue weighted by atomic mass is 35.5. The molecule has 184 valence electrons. The molecule has 36 heavy (non-hydrogen) atoms. The summed E-state index contributed by atoms with van der Waals surface area (Å²) in [6, 6.07) is 8.90. The highest BCUT2D eigenvalue weighted by molar-refractivity contribution is 6.32. The first-order chi connectivity index (χ1) is 17.1. The Labute approximate surface area is 206 Å². The van der Waals surface area contributed by atoms with Crippen LogP contribution in [0.1, 0.15) is 11.1 Å². The van der Waals surface area contributed by atoms with Gasteiger partial charge in [0.15, 0.2) is 5.41 Å². The highest BCUT2D eigenvalue weighted by Crippen LogP contribution is 2.48. The summed E-state index contributed by atoms with van der Waals surface area (Å²) in [5.41, 5.74) is -3.29. The largest absolute Gasteiger partial charge is 0.423 e. The first-order valence-electron chi connectivity index (χ1n) is 10.2. The van der Waals surface area contributed by atoms with E-state index in [1.165, 1.54) is 30.6 Å². The van der Waals surface area contributed by atoms with Crippen LogP contribution >= 0.6 is 11.6 Å². The Morgan fingerprint density at radius 2 is 1.86 bits per heavy atom. The minimum atomic E-state index is -4.99. The number of hydrogen-bond donors (Lipinski definition) is 0. The van der Waals surface area contributed by atoms with E-state index in [-0.39, 0.29) is 27.9 Å². The van der Waals surface area contributed by atoms with Crippen molar-refractivity contribution in [2.75, 3.05) is 0 Å². The van der Waals surface area contributed by atoms with Crippen molar-refractivity contribution >= 4 is 17.5 Å². The lowest BCUT2D eigenvalue weighted by atomic mass is 9.68. The number of amides is 1. The number of carbonyl (C=O) groups excluding carboxylic acids is 1. The molecule has 2 aromatic carbocycles. The second-order valence-electron chi connectivity index (χ2n) is 7.73. The van der Waals surface area contributed by atoms with Crippen LogP contribution in [0.3, 0.4) is 0 Å². The molecule has 1 aliphatic rings. The van der Waals surface area contributed by atoms with Gasteiger partial charge in [-0.05, 0) is 29.8 Å². The Bertz CT molecular complexity index is 1380. The van der Waals surface area contributed by atoms with Gasteiger partial charge in [-0.25, -0.2) is 18.7 Å². The number of carbonyl (C=O) groups is 1. The first-order valence-corrected chi connectivity index (χ1v) is 10.6. The lowest BCUT2D eigenvalue weighted by Gasteiger charge is -2.40. The van der Waals surface area contributed by atoms with E-state index in [1.807, 2.05) is 0 Å². The van der Waals surface area contributed by atoms with Gasteiger partial charge in [-0.2, -0.15) is 18.4 Å². The fourth-order valence-corrected chi connectivity index (χ4v) is 4.04. The zero-order chi connectivity index (χ0) is 26.1. The number of nitriles is 1. The van der Waals surface area contributed by atoms with Crippen LogP contribution < -0.4 is 4.74 Å². The van der Waals surface area contributed by atoms with E-state index in [2.05, 4.69) is 9.97 Å². The van der Waals surface area contributed by atoms with Crippen LogP contribution in [0.5, 0.6) is 11.8 Å². The molecule has 1 aromatic heterocycles. The van der Waals surface area contributed by atoms with Crippen molar-refractivity contribution in [3.63, 3.8) is 0 Å². The fourth-order valence-electron chi connectivity index (χ4n) is 3.82. The Balaban J connectivity index is 1.76. The molecular weight excluding hydrogens is 507 g/mol. The normalized spacial score (nSPS) is 19.8. The van der Waals surface area contributed by atoms with Gasteiger partial charge in [0, 0.05) is 30.2 Å². The molecule has 0 saturated heterocycles. The molecule has 0 saturated carbocycles. The molecule has 2 heterocycles. The summed E-state index contributed by atoms with van der Waals surface area (Å²) in [4.78, 5) is 22.0. The molecule has 0 N–H and O–H groups in total. The van der Waals surface area contributed by atoms with Crippen molar-refractivity contribution < 1.29 is 31.5 Å². The third-order valence-electron chi connectivity index (χ3n) is 5.54. The summed E-state index contributed by atoms with van der Waals surface area (Å²) in [5.74, 6) is -5.67. The maximum atomic E-state index is 14.2. The Morgan fingerprint density at radius 3 is 2.47 bits per heavy atom. The van der Waals surface area contributed by atoms with Crippen molar-refractivity contribution in [2.45, 2.75) is 18.1 Å². The maximum absolute atomic E-state index is 14.2. The lowest BCUT2D eigenvalue weighted by Crippen LogP contribution is -2.55. The maximum Gasteiger partial charge on any atom is 0.397 e. The topological polar surface area (TPSA) is 79.1 Å². The Kier molecular flexibility index (Phi) is 6.65. The molecule has 0 radical (unpaired) electrons. The van der Waals surface area contributed by atoms with E-state index in [4.69, 9.17) is 16.3 Å². The summed E-state index contributed by atoms with van der Waals surface area (Å²) in [5, 5.41) is 9.82. The third-order valence-corrected chi connectivity index (χ3v) is 5.83. The molecule has 6 nitrogen and oxygen atoms in total.